The molecule has 1 fully saturated rings. The number of thiazole rings is 1. The SMILES string of the molecule is O=C(Cc1csc2nc(-c3ccc(Cl)cc3)cn12)NC1CCCC1. The van der Waals surface area contributed by atoms with E-state index in [1.54, 1.807) is 11.3 Å². The molecule has 1 amide bonds. The maximum absolute atomic E-state index is 12.3. The molecule has 4 rings (SSSR count). The molecule has 0 bridgehead atoms. The van der Waals surface area contributed by atoms with Crippen LogP contribution in [0.15, 0.2) is 35.8 Å². The number of imidazole rings is 1. The number of carbonyl (C=O) groups excluding carboxylic acids is 1. The molecule has 24 heavy (non-hydrogen) atoms. The van der Waals surface area contributed by atoms with Crippen molar-refractivity contribution in [3.05, 3.63) is 46.6 Å². The Hall–Kier alpha value is -1.85. The van der Waals surface area contributed by atoms with Gasteiger partial charge in [-0.2, -0.15) is 0 Å². The maximum Gasteiger partial charge on any atom is 0.226 e. The van der Waals surface area contributed by atoms with Gasteiger partial charge in [-0.25, -0.2) is 4.98 Å². The van der Waals surface area contributed by atoms with Gasteiger partial charge in [-0.1, -0.05) is 36.6 Å². The maximum atomic E-state index is 12.3. The van der Waals surface area contributed by atoms with E-state index in [9.17, 15) is 4.79 Å². The van der Waals surface area contributed by atoms with E-state index in [0.29, 0.717) is 17.5 Å². The van der Waals surface area contributed by atoms with E-state index < -0.39 is 0 Å². The molecule has 0 spiro atoms. The Balaban J connectivity index is 1.53. The van der Waals surface area contributed by atoms with Crippen LogP contribution < -0.4 is 5.32 Å². The number of nitrogens with one attached hydrogen (secondary N) is 1. The molecule has 0 aliphatic heterocycles. The first-order valence-electron chi connectivity index (χ1n) is 8.20. The number of benzene rings is 1. The van der Waals surface area contributed by atoms with Crippen molar-refractivity contribution in [3.8, 4) is 11.3 Å². The normalized spacial score (nSPS) is 15.2. The summed E-state index contributed by atoms with van der Waals surface area (Å²) in [5, 5.41) is 5.87. The van der Waals surface area contributed by atoms with Gasteiger partial charge in [0.25, 0.3) is 0 Å². The second-order valence-corrected chi connectivity index (χ2v) is 7.51. The Kier molecular flexibility index (Phi) is 4.29. The average molecular weight is 360 g/mol. The van der Waals surface area contributed by atoms with Gasteiger partial charge >= 0.3 is 0 Å². The van der Waals surface area contributed by atoms with Crippen LogP contribution in [0.4, 0.5) is 0 Å². The number of halogens is 1. The molecular formula is C18H18ClN3OS. The van der Waals surface area contributed by atoms with Crippen LogP contribution in [-0.2, 0) is 11.2 Å². The molecule has 0 unspecified atom stereocenters. The van der Waals surface area contributed by atoms with Crippen LogP contribution in [0.25, 0.3) is 16.2 Å². The number of nitrogens with zero attached hydrogens (tertiary/aromatic N) is 2. The zero-order valence-corrected chi connectivity index (χ0v) is 14.7. The van der Waals surface area contributed by atoms with Crippen LogP contribution in [0, 0.1) is 0 Å². The lowest BCUT2D eigenvalue weighted by Crippen LogP contribution is -2.33. The highest BCUT2D eigenvalue weighted by atomic mass is 35.5. The van der Waals surface area contributed by atoms with E-state index >= 15 is 0 Å². The standard InChI is InChI=1S/C18H18ClN3OS/c19-13-7-5-12(6-8-13)16-10-22-15(11-24-18(22)21-16)9-17(23)20-14-3-1-2-4-14/h5-8,10-11,14H,1-4,9H2,(H,20,23). The lowest BCUT2D eigenvalue weighted by Gasteiger charge is -2.11. The van der Waals surface area contributed by atoms with E-state index in [1.165, 1.54) is 12.8 Å². The molecular weight excluding hydrogens is 342 g/mol. The minimum absolute atomic E-state index is 0.100. The topological polar surface area (TPSA) is 46.4 Å². The monoisotopic (exact) mass is 359 g/mol. The van der Waals surface area contributed by atoms with Gasteiger partial charge in [-0.3, -0.25) is 9.20 Å². The summed E-state index contributed by atoms with van der Waals surface area (Å²) in [6, 6.07) is 8.00. The second-order valence-electron chi connectivity index (χ2n) is 6.24. The third-order valence-electron chi connectivity index (χ3n) is 4.49. The van der Waals surface area contributed by atoms with Crippen molar-refractivity contribution in [3.63, 3.8) is 0 Å². The van der Waals surface area contributed by atoms with Crippen molar-refractivity contribution in [1.29, 1.82) is 0 Å². The van der Waals surface area contributed by atoms with E-state index in [-0.39, 0.29) is 5.91 Å². The van der Waals surface area contributed by atoms with E-state index in [4.69, 9.17) is 11.6 Å². The van der Waals surface area contributed by atoms with Crippen LogP contribution in [0.1, 0.15) is 31.4 Å². The second kappa shape index (κ2) is 6.57. The van der Waals surface area contributed by atoms with Crippen molar-refractivity contribution in [2.45, 2.75) is 38.1 Å². The highest BCUT2D eigenvalue weighted by Gasteiger charge is 2.18. The first-order chi connectivity index (χ1) is 11.7. The van der Waals surface area contributed by atoms with Gasteiger partial charge in [0.05, 0.1) is 12.1 Å². The molecule has 6 heteroatoms. The van der Waals surface area contributed by atoms with E-state index in [0.717, 1.165) is 34.8 Å². The zero-order valence-electron chi connectivity index (χ0n) is 13.2. The van der Waals surface area contributed by atoms with Crippen LogP contribution in [0.5, 0.6) is 0 Å². The van der Waals surface area contributed by atoms with Gasteiger partial charge in [0.15, 0.2) is 4.96 Å². The molecule has 1 saturated carbocycles. The highest BCUT2D eigenvalue weighted by Crippen LogP contribution is 2.25. The van der Waals surface area contributed by atoms with Crippen LogP contribution >= 0.6 is 22.9 Å². The number of hydrogen-bond acceptors (Lipinski definition) is 3. The fraction of sp³-hybridized carbons (Fsp3) is 0.333. The molecule has 0 atom stereocenters. The van der Waals surface area contributed by atoms with Gasteiger partial charge < -0.3 is 5.32 Å². The lowest BCUT2D eigenvalue weighted by atomic mass is 10.2. The smallest absolute Gasteiger partial charge is 0.226 e. The number of rotatable bonds is 4. The summed E-state index contributed by atoms with van der Waals surface area (Å²) >= 11 is 7.50. The van der Waals surface area contributed by atoms with Crippen molar-refractivity contribution in [2.75, 3.05) is 0 Å². The molecule has 2 aromatic heterocycles. The summed E-state index contributed by atoms with van der Waals surface area (Å²) in [6.07, 6.45) is 7.05. The van der Waals surface area contributed by atoms with Crippen molar-refractivity contribution in [1.82, 2.24) is 14.7 Å². The molecule has 0 radical (unpaired) electrons. The van der Waals surface area contributed by atoms with Crippen molar-refractivity contribution < 1.29 is 4.79 Å². The summed E-state index contributed by atoms with van der Waals surface area (Å²) in [5.74, 6) is 0.100. The summed E-state index contributed by atoms with van der Waals surface area (Å²) in [5.41, 5.74) is 2.91. The number of fused-ring (bicyclic) bond motifs is 1. The van der Waals surface area contributed by atoms with Crippen LogP contribution in [0.2, 0.25) is 5.02 Å². The van der Waals surface area contributed by atoms with E-state index in [1.807, 2.05) is 40.2 Å². The molecule has 1 aromatic carbocycles. The summed E-state index contributed by atoms with van der Waals surface area (Å²) in [6.45, 7) is 0. The van der Waals surface area contributed by atoms with Gasteiger partial charge in [-0.15, -0.1) is 11.3 Å². The Bertz CT molecular complexity index is 862. The molecule has 4 nitrogen and oxygen atoms in total. The Morgan fingerprint density at radius 1 is 1.29 bits per heavy atom. The molecule has 2 heterocycles. The number of hydrogen-bond donors (Lipinski definition) is 1. The first kappa shape index (κ1) is 15.7. The highest BCUT2D eigenvalue weighted by molar-refractivity contribution is 7.15. The molecule has 1 aliphatic rings. The Morgan fingerprint density at radius 3 is 2.79 bits per heavy atom. The largest absolute Gasteiger partial charge is 0.353 e. The number of aromatic nitrogens is 2. The average Bonchev–Trinajstić information content (AvgIpc) is 3.27. The Labute approximate surface area is 149 Å². The molecule has 0 saturated heterocycles. The quantitative estimate of drug-likeness (QED) is 0.754. The fourth-order valence-corrected chi connectivity index (χ4v) is 4.23. The van der Waals surface area contributed by atoms with Crippen LogP contribution in [-0.4, -0.2) is 21.3 Å². The minimum atomic E-state index is 0.100. The molecule has 1 N–H and O–H groups in total. The Morgan fingerprint density at radius 2 is 2.04 bits per heavy atom. The van der Waals surface area contributed by atoms with Crippen LogP contribution in [0.3, 0.4) is 0 Å². The third kappa shape index (κ3) is 3.19. The van der Waals surface area contributed by atoms with E-state index in [2.05, 4.69) is 10.3 Å². The zero-order chi connectivity index (χ0) is 16.5. The van der Waals surface area contributed by atoms with Crippen molar-refractivity contribution >= 4 is 33.8 Å². The number of carbonyl (C=O) groups is 1. The summed E-state index contributed by atoms with van der Waals surface area (Å²) < 4.78 is 2.02. The number of amides is 1. The molecule has 124 valence electrons. The third-order valence-corrected chi connectivity index (χ3v) is 5.63. The molecule has 1 aliphatic carbocycles. The minimum Gasteiger partial charge on any atom is -0.353 e. The van der Waals surface area contributed by atoms with Gasteiger partial charge in [0.2, 0.25) is 5.91 Å². The van der Waals surface area contributed by atoms with Gasteiger partial charge in [0.1, 0.15) is 0 Å². The fourth-order valence-electron chi connectivity index (χ4n) is 3.23. The van der Waals surface area contributed by atoms with Gasteiger partial charge in [0, 0.05) is 33.9 Å². The molecule has 3 aromatic rings. The predicted molar refractivity (Wildman–Crippen MR) is 97.6 cm³/mol. The predicted octanol–water partition coefficient (Wildman–Crippen LogP) is 4.32. The van der Waals surface area contributed by atoms with Gasteiger partial charge in [-0.05, 0) is 25.0 Å². The summed E-state index contributed by atoms with van der Waals surface area (Å²) in [4.78, 5) is 17.8. The van der Waals surface area contributed by atoms with Crippen molar-refractivity contribution in [2.24, 2.45) is 0 Å². The lowest BCUT2D eigenvalue weighted by molar-refractivity contribution is -0.121. The summed E-state index contributed by atoms with van der Waals surface area (Å²) in [7, 11) is 0. The first-order valence-corrected chi connectivity index (χ1v) is 9.45.